The van der Waals surface area contributed by atoms with Crippen molar-refractivity contribution in [3.63, 3.8) is 0 Å². The number of piperidine rings is 2. The summed E-state index contributed by atoms with van der Waals surface area (Å²) >= 11 is 6.19. The van der Waals surface area contributed by atoms with Gasteiger partial charge in [-0.25, -0.2) is 4.79 Å². The van der Waals surface area contributed by atoms with Gasteiger partial charge in [-0.1, -0.05) is 41.9 Å². The first-order valence-corrected chi connectivity index (χ1v) is 10.2. The zero-order valence-electron chi connectivity index (χ0n) is 15.6. The highest BCUT2D eigenvalue weighted by Gasteiger charge is 2.41. The van der Waals surface area contributed by atoms with E-state index < -0.39 is 0 Å². The van der Waals surface area contributed by atoms with Crippen molar-refractivity contribution in [3.8, 4) is 0 Å². The largest absolute Gasteiger partial charge is 0.349 e. The fraction of sp³-hybridized carbons (Fsp3) is 0.364. The van der Waals surface area contributed by atoms with Crippen molar-refractivity contribution in [1.29, 1.82) is 0 Å². The lowest BCUT2D eigenvalue weighted by Gasteiger charge is -2.48. The van der Waals surface area contributed by atoms with Crippen molar-refractivity contribution in [2.24, 2.45) is 0 Å². The van der Waals surface area contributed by atoms with Gasteiger partial charge in [0.25, 0.3) is 5.91 Å². The van der Waals surface area contributed by atoms with E-state index in [9.17, 15) is 9.59 Å². The molecular weight excluding hydrogens is 374 g/mol. The molecule has 4 rings (SSSR count). The zero-order chi connectivity index (χ0) is 19.5. The lowest BCUT2D eigenvalue weighted by molar-refractivity contribution is 0.0577. The summed E-state index contributed by atoms with van der Waals surface area (Å²) in [5.74, 6) is -0.0438. The molecule has 2 aliphatic heterocycles. The molecule has 2 saturated heterocycles. The number of anilines is 1. The Hall–Kier alpha value is -2.53. The Morgan fingerprint density at radius 1 is 0.929 bits per heavy atom. The summed E-state index contributed by atoms with van der Waals surface area (Å²) in [6.45, 7) is 0. The highest BCUT2D eigenvalue weighted by molar-refractivity contribution is 6.33. The number of para-hydroxylation sites is 1. The molecule has 146 valence electrons. The molecule has 0 aromatic heterocycles. The van der Waals surface area contributed by atoms with Crippen molar-refractivity contribution in [2.75, 3.05) is 5.32 Å². The van der Waals surface area contributed by atoms with Crippen LogP contribution in [0.2, 0.25) is 5.02 Å². The van der Waals surface area contributed by atoms with E-state index >= 15 is 0 Å². The first kappa shape index (κ1) is 18.8. The van der Waals surface area contributed by atoms with Gasteiger partial charge in [-0.3, -0.25) is 4.79 Å². The van der Waals surface area contributed by atoms with Crippen LogP contribution in [-0.4, -0.2) is 35.0 Å². The molecule has 0 saturated carbocycles. The van der Waals surface area contributed by atoms with Gasteiger partial charge in [0.1, 0.15) is 0 Å². The van der Waals surface area contributed by atoms with Crippen molar-refractivity contribution >= 4 is 29.2 Å². The molecule has 2 fully saturated rings. The lowest BCUT2D eigenvalue weighted by Crippen LogP contribution is -2.59. The Kier molecular flexibility index (Phi) is 5.53. The zero-order valence-corrected chi connectivity index (χ0v) is 16.4. The van der Waals surface area contributed by atoms with Crippen LogP contribution in [0.5, 0.6) is 0 Å². The Bertz CT molecular complexity index is 844. The molecule has 3 amide bonds. The number of nitrogens with zero attached hydrogens (tertiary/aromatic N) is 1. The number of nitrogens with one attached hydrogen (secondary N) is 2. The van der Waals surface area contributed by atoms with E-state index in [0.29, 0.717) is 16.3 Å². The van der Waals surface area contributed by atoms with Gasteiger partial charge in [-0.2, -0.15) is 0 Å². The topological polar surface area (TPSA) is 61.4 Å². The number of halogens is 1. The van der Waals surface area contributed by atoms with Gasteiger partial charge in [0.05, 0.1) is 10.7 Å². The maximum atomic E-state index is 13.0. The fourth-order valence-corrected chi connectivity index (χ4v) is 4.61. The monoisotopic (exact) mass is 397 g/mol. The molecule has 0 unspecified atom stereocenters. The van der Waals surface area contributed by atoms with Crippen LogP contribution >= 0.6 is 11.6 Å². The number of carbonyl (C=O) groups excluding carboxylic acids is 2. The fourth-order valence-electron chi connectivity index (χ4n) is 4.43. The van der Waals surface area contributed by atoms with Crippen LogP contribution in [0, 0.1) is 0 Å². The first-order chi connectivity index (χ1) is 13.6. The van der Waals surface area contributed by atoms with E-state index in [-0.39, 0.29) is 30.1 Å². The van der Waals surface area contributed by atoms with E-state index in [0.717, 1.165) is 32.1 Å². The highest BCUT2D eigenvalue weighted by Crippen LogP contribution is 2.35. The van der Waals surface area contributed by atoms with Crippen LogP contribution in [0.25, 0.3) is 0 Å². The molecule has 5 nitrogen and oxygen atoms in total. The minimum atomic E-state index is -0.101. The predicted molar refractivity (Wildman–Crippen MR) is 111 cm³/mol. The summed E-state index contributed by atoms with van der Waals surface area (Å²) in [5, 5.41) is 6.65. The van der Waals surface area contributed by atoms with Crippen LogP contribution < -0.4 is 10.6 Å². The molecule has 2 N–H and O–H groups in total. The average molecular weight is 398 g/mol. The van der Waals surface area contributed by atoms with Gasteiger partial charge in [-0.15, -0.1) is 0 Å². The molecule has 2 atom stereocenters. The second-order valence-electron chi connectivity index (χ2n) is 7.56. The van der Waals surface area contributed by atoms with Gasteiger partial charge in [0.2, 0.25) is 0 Å². The summed E-state index contributed by atoms with van der Waals surface area (Å²) < 4.78 is 0. The van der Waals surface area contributed by atoms with Gasteiger partial charge in [-0.05, 0) is 56.4 Å². The smallest absolute Gasteiger partial charge is 0.322 e. The quantitative estimate of drug-likeness (QED) is 0.789. The third kappa shape index (κ3) is 3.99. The standard InChI is InChI=1S/C22H24ClN3O2/c23-19-11-4-5-12-20(19)25-22(28)26-17-9-6-10-18(26)14-16(13-17)24-21(27)15-7-2-1-3-8-15/h1-5,7-8,11-12,16-18H,6,9-10,13-14H2,(H,24,27)(H,25,28)/t17-,18-/m0/s1. The van der Waals surface area contributed by atoms with Crippen LogP contribution in [-0.2, 0) is 0 Å². The lowest BCUT2D eigenvalue weighted by atomic mass is 9.82. The Morgan fingerprint density at radius 2 is 1.57 bits per heavy atom. The van der Waals surface area contributed by atoms with Gasteiger partial charge < -0.3 is 15.5 Å². The number of benzene rings is 2. The molecule has 2 aliphatic rings. The highest BCUT2D eigenvalue weighted by atomic mass is 35.5. The normalized spacial score (nSPS) is 23.8. The van der Waals surface area contributed by atoms with Gasteiger partial charge in [0.15, 0.2) is 0 Å². The van der Waals surface area contributed by atoms with E-state index in [4.69, 9.17) is 11.6 Å². The van der Waals surface area contributed by atoms with Crippen molar-refractivity contribution in [2.45, 2.75) is 50.2 Å². The van der Waals surface area contributed by atoms with E-state index in [1.54, 1.807) is 6.07 Å². The number of carbonyl (C=O) groups is 2. The first-order valence-electron chi connectivity index (χ1n) is 9.81. The molecule has 6 heteroatoms. The molecule has 0 spiro atoms. The number of amides is 3. The molecular formula is C22H24ClN3O2. The number of rotatable bonds is 3. The number of fused-ring (bicyclic) bond motifs is 2. The Morgan fingerprint density at radius 3 is 2.25 bits per heavy atom. The number of hydrogen-bond acceptors (Lipinski definition) is 2. The van der Waals surface area contributed by atoms with Crippen LogP contribution in [0.1, 0.15) is 42.5 Å². The van der Waals surface area contributed by atoms with Crippen molar-refractivity contribution in [1.82, 2.24) is 10.2 Å². The van der Waals surface area contributed by atoms with Crippen molar-refractivity contribution in [3.05, 3.63) is 65.2 Å². The minimum Gasteiger partial charge on any atom is -0.349 e. The van der Waals surface area contributed by atoms with E-state index in [2.05, 4.69) is 10.6 Å². The number of urea groups is 1. The summed E-state index contributed by atoms with van der Waals surface area (Å²) in [6, 6.07) is 16.8. The van der Waals surface area contributed by atoms with Crippen LogP contribution in [0.3, 0.4) is 0 Å². The Balaban J connectivity index is 1.43. The predicted octanol–water partition coefficient (Wildman–Crippen LogP) is 4.69. The molecule has 2 heterocycles. The van der Waals surface area contributed by atoms with Gasteiger partial charge in [0, 0.05) is 23.7 Å². The average Bonchev–Trinajstić information content (AvgIpc) is 2.69. The second-order valence-corrected chi connectivity index (χ2v) is 7.97. The minimum absolute atomic E-state index is 0.0438. The molecule has 2 aromatic rings. The molecule has 28 heavy (non-hydrogen) atoms. The SMILES string of the molecule is O=C(NC1C[C@@H]2CCC[C@@H](C1)N2C(=O)Nc1ccccc1Cl)c1ccccc1. The molecule has 0 aliphatic carbocycles. The van der Waals surface area contributed by atoms with E-state index in [1.165, 1.54) is 0 Å². The summed E-state index contributed by atoms with van der Waals surface area (Å²) in [4.78, 5) is 27.4. The van der Waals surface area contributed by atoms with Crippen LogP contribution in [0.4, 0.5) is 10.5 Å². The maximum Gasteiger partial charge on any atom is 0.322 e. The molecule has 0 radical (unpaired) electrons. The summed E-state index contributed by atoms with van der Waals surface area (Å²) in [7, 11) is 0. The third-order valence-electron chi connectivity index (χ3n) is 5.70. The maximum absolute atomic E-state index is 13.0. The molecule has 2 bridgehead atoms. The summed E-state index contributed by atoms with van der Waals surface area (Å²) in [5.41, 5.74) is 1.30. The van der Waals surface area contributed by atoms with Crippen LogP contribution in [0.15, 0.2) is 54.6 Å². The summed E-state index contributed by atoms with van der Waals surface area (Å²) in [6.07, 6.45) is 4.61. The third-order valence-corrected chi connectivity index (χ3v) is 6.03. The van der Waals surface area contributed by atoms with Gasteiger partial charge >= 0.3 is 6.03 Å². The molecule has 2 aromatic carbocycles. The Labute approximate surface area is 170 Å². The van der Waals surface area contributed by atoms with E-state index in [1.807, 2.05) is 53.4 Å². The number of hydrogen-bond donors (Lipinski definition) is 2. The second kappa shape index (κ2) is 8.23. The van der Waals surface area contributed by atoms with Crippen molar-refractivity contribution < 1.29 is 9.59 Å².